The summed E-state index contributed by atoms with van der Waals surface area (Å²) in [5.74, 6) is 0. The Kier molecular flexibility index (Phi) is 1.77. The highest BCUT2D eigenvalue weighted by Gasteiger charge is 2.11. The zero-order valence-corrected chi connectivity index (χ0v) is 9.28. The molecule has 0 radical (unpaired) electrons. The maximum Gasteiger partial charge on any atom is 0.119 e. The third-order valence-corrected chi connectivity index (χ3v) is 2.91. The van der Waals surface area contributed by atoms with Gasteiger partial charge in [-0.3, -0.25) is 24.9 Å². The van der Waals surface area contributed by atoms with E-state index in [1.807, 2.05) is 12.1 Å². The predicted molar refractivity (Wildman–Crippen MR) is 67.9 cm³/mol. The zero-order chi connectivity index (χ0) is 11.9. The fraction of sp³-hybridized carbons (Fsp3) is 0. The maximum absolute atomic E-state index is 4.39. The Bertz CT molecular complexity index is 667. The van der Waals surface area contributed by atoms with Crippen LogP contribution >= 0.6 is 0 Å². The van der Waals surface area contributed by atoms with E-state index in [1.54, 1.807) is 31.0 Å². The van der Waals surface area contributed by atoms with Crippen molar-refractivity contribution in [2.75, 3.05) is 0 Å². The van der Waals surface area contributed by atoms with Crippen LogP contribution in [0.1, 0.15) is 0 Å². The molecule has 0 aliphatic heterocycles. The van der Waals surface area contributed by atoms with E-state index < -0.39 is 0 Å². The van der Waals surface area contributed by atoms with E-state index in [0.29, 0.717) is 0 Å². The van der Waals surface area contributed by atoms with Crippen molar-refractivity contribution in [2.45, 2.75) is 0 Å². The van der Waals surface area contributed by atoms with Gasteiger partial charge in [0.05, 0.1) is 0 Å². The fourth-order valence-corrected chi connectivity index (χ4v) is 2.18. The minimum atomic E-state index is 0.742. The molecule has 3 aromatic heterocycles. The first kappa shape index (κ1) is 9.35. The summed E-state index contributed by atoms with van der Waals surface area (Å²) in [5, 5.41) is 0.952. The van der Waals surface area contributed by atoms with Crippen LogP contribution in [0.5, 0.6) is 0 Å². The van der Waals surface area contributed by atoms with Gasteiger partial charge in [-0.05, 0) is 12.1 Å². The highest BCUT2D eigenvalue weighted by atomic mass is 14.9. The SMILES string of the molecule is c1cnc2c(c1)c1nccnc1c1nccnc21. The number of hydrogen-bond acceptors (Lipinski definition) is 5. The summed E-state index contributed by atoms with van der Waals surface area (Å²) in [6, 6.07) is 3.87. The molecular formula is C13H7N5. The van der Waals surface area contributed by atoms with Crippen LogP contribution in [0.15, 0.2) is 43.1 Å². The van der Waals surface area contributed by atoms with Crippen LogP contribution < -0.4 is 0 Å². The van der Waals surface area contributed by atoms with Crippen molar-refractivity contribution in [2.24, 2.45) is 0 Å². The molecule has 0 N–H and O–H groups in total. The van der Waals surface area contributed by atoms with Crippen LogP contribution in [0, 0.1) is 0 Å². The van der Waals surface area contributed by atoms with Crippen molar-refractivity contribution in [1.29, 1.82) is 0 Å². The van der Waals surface area contributed by atoms with Gasteiger partial charge >= 0.3 is 0 Å². The van der Waals surface area contributed by atoms with Gasteiger partial charge in [0.25, 0.3) is 0 Å². The molecule has 0 saturated heterocycles. The lowest BCUT2D eigenvalue weighted by molar-refractivity contribution is 1.26. The summed E-state index contributed by atoms with van der Waals surface area (Å²) in [5.41, 5.74) is 3.90. The van der Waals surface area contributed by atoms with Gasteiger partial charge in [0.15, 0.2) is 0 Å². The van der Waals surface area contributed by atoms with E-state index in [2.05, 4.69) is 24.9 Å². The van der Waals surface area contributed by atoms with E-state index in [4.69, 9.17) is 0 Å². The van der Waals surface area contributed by atoms with Gasteiger partial charge in [-0.1, -0.05) is 0 Å². The summed E-state index contributed by atoms with van der Waals surface area (Å²) in [6.45, 7) is 0. The Morgan fingerprint density at radius 3 is 1.56 bits per heavy atom. The third kappa shape index (κ3) is 1.13. The minimum absolute atomic E-state index is 0.742. The molecule has 4 rings (SSSR count). The lowest BCUT2D eigenvalue weighted by Crippen LogP contribution is -1.93. The predicted octanol–water partition coefficient (Wildman–Crippen LogP) is 2.12. The first-order chi connectivity index (χ1) is 8.95. The molecule has 18 heavy (non-hydrogen) atoms. The van der Waals surface area contributed by atoms with Crippen LogP contribution in [-0.4, -0.2) is 24.9 Å². The quantitative estimate of drug-likeness (QED) is 0.435. The second-order valence-electron chi connectivity index (χ2n) is 3.91. The largest absolute Gasteiger partial charge is 0.254 e. The number of pyridine rings is 1. The molecule has 0 saturated carbocycles. The normalized spacial score (nSPS) is 11.3. The van der Waals surface area contributed by atoms with E-state index in [1.165, 1.54) is 0 Å². The molecular weight excluding hydrogens is 226 g/mol. The molecule has 0 unspecified atom stereocenters. The second-order valence-corrected chi connectivity index (χ2v) is 3.91. The molecule has 5 heteroatoms. The van der Waals surface area contributed by atoms with E-state index in [-0.39, 0.29) is 0 Å². The van der Waals surface area contributed by atoms with Gasteiger partial charge in [-0.15, -0.1) is 0 Å². The molecule has 84 valence electrons. The average Bonchev–Trinajstić information content (AvgIpc) is 2.48. The Labute approximate surface area is 102 Å². The summed E-state index contributed by atoms with van der Waals surface area (Å²) < 4.78 is 0. The lowest BCUT2D eigenvalue weighted by atomic mass is 10.1. The van der Waals surface area contributed by atoms with E-state index in [0.717, 1.165) is 33.0 Å². The maximum atomic E-state index is 4.39. The highest BCUT2D eigenvalue weighted by Crippen LogP contribution is 2.28. The van der Waals surface area contributed by atoms with Crippen LogP contribution in [0.25, 0.3) is 33.0 Å². The number of rotatable bonds is 0. The molecule has 0 aliphatic carbocycles. The first-order valence-electron chi connectivity index (χ1n) is 5.53. The molecule has 1 aromatic carbocycles. The Morgan fingerprint density at radius 2 is 0.944 bits per heavy atom. The van der Waals surface area contributed by atoms with Crippen LogP contribution in [0.2, 0.25) is 0 Å². The van der Waals surface area contributed by atoms with Gasteiger partial charge < -0.3 is 0 Å². The second kappa shape index (κ2) is 3.40. The van der Waals surface area contributed by atoms with Gasteiger partial charge in [-0.25, -0.2) is 0 Å². The molecule has 3 heterocycles. The molecule has 5 nitrogen and oxygen atoms in total. The molecule has 0 amide bonds. The van der Waals surface area contributed by atoms with Crippen LogP contribution in [-0.2, 0) is 0 Å². The van der Waals surface area contributed by atoms with Crippen molar-refractivity contribution >= 4 is 33.0 Å². The summed E-state index contributed by atoms with van der Waals surface area (Å²) in [6.07, 6.45) is 8.41. The van der Waals surface area contributed by atoms with Crippen molar-refractivity contribution in [3.8, 4) is 0 Å². The Hall–Kier alpha value is -2.69. The molecule has 0 bridgehead atoms. The number of fused-ring (bicyclic) bond motifs is 6. The Balaban J connectivity index is 2.46. The molecule has 0 fully saturated rings. The van der Waals surface area contributed by atoms with Gasteiger partial charge in [0.1, 0.15) is 27.6 Å². The summed E-state index contributed by atoms with van der Waals surface area (Å²) in [4.78, 5) is 21.9. The number of aromatic nitrogens is 5. The number of hydrogen-bond donors (Lipinski definition) is 0. The third-order valence-electron chi connectivity index (χ3n) is 2.91. The number of nitrogens with zero attached hydrogens (tertiary/aromatic N) is 5. The molecule has 0 spiro atoms. The van der Waals surface area contributed by atoms with Gasteiger partial charge in [0, 0.05) is 36.4 Å². The van der Waals surface area contributed by atoms with Gasteiger partial charge in [0.2, 0.25) is 0 Å². The van der Waals surface area contributed by atoms with Crippen LogP contribution in [0.3, 0.4) is 0 Å². The van der Waals surface area contributed by atoms with Crippen LogP contribution in [0.4, 0.5) is 0 Å². The standard InChI is InChI=1S/C13H7N5/c1-2-8-9(14-3-1)11-13(18-7-6-17-11)12-10(8)15-4-5-16-12/h1-7H. The average molecular weight is 233 g/mol. The van der Waals surface area contributed by atoms with E-state index in [9.17, 15) is 0 Å². The van der Waals surface area contributed by atoms with E-state index >= 15 is 0 Å². The van der Waals surface area contributed by atoms with Crippen molar-refractivity contribution in [3.63, 3.8) is 0 Å². The van der Waals surface area contributed by atoms with Crippen molar-refractivity contribution in [1.82, 2.24) is 24.9 Å². The smallest absolute Gasteiger partial charge is 0.119 e. The zero-order valence-electron chi connectivity index (χ0n) is 9.28. The Morgan fingerprint density at radius 1 is 0.500 bits per heavy atom. The highest BCUT2D eigenvalue weighted by molar-refractivity contribution is 6.18. The minimum Gasteiger partial charge on any atom is -0.254 e. The van der Waals surface area contributed by atoms with Crippen molar-refractivity contribution < 1.29 is 0 Å². The number of benzene rings is 1. The lowest BCUT2D eigenvalue weighted by Gasteiger charge is -2.05. The summed E-state index contributed by atoms with van der Waals surface area (Å²) in [7, 11) is 0. The molecule has 4 aromatic rings. The molecule has 0 atom stereocenters. The first-order valence-corrected chi connectivity index (χ1v) is 5.53. The van der Waals surface area contributed by atoms with Gasteiger partial charge in [-0.2, -0.15) is 0 Å². The van der Waals surface area contributed by atoms with Crippen molar-refractivity contribution in [3.05, 3.63) is 43.1 Å². The summed E-state index contributed by atoms with van der Waals surface area (Å²) >= 11 is 0. The molecule has 0 aliphatic rings. The monoisotopic (exact) mass is 233 g/mol. The fourth-order valence-electron chi connectivity index (χ4n) is 2.18. The topological polar surface area (TPSA) is 64.5 Å².